The number of methoxy groups -OCH3 is 1. The van der Waals surface area contributed by atoms with Gasteiger partial charge in [-0.2, -0.15) is 4.31 Å². The number of ether oxygens (including phenoxy) is 3. The maximum Gasteiger partial charge on any atom is 0.248 e. The predicted molar refractivity (Wildman–Crippen MR) is 164 cm³/mol. The van der Waals surface area contributed by atoms with E-state index in [1.54, 1.807) is 28.8 Å². The van der Waals surface area contributed by atoms with Crippen molar-refractivity contribution in [3.05, 3.63) is 65.0 Å². The molecule has 2 aromatic carbocycles. The topological polar surface area (TPSA) is 153 Å². The number of aliphatic hydroxyl groups excluding tert-OH is 1. The fourth-order valence-corrected chi connectivity index (χ4v) is 8.47. The maximum atomic E-state index is 13.6. The van der Waals surface area contributed by atoms with E-state index >= 15 is 0 Å². The van der Waals surface area contributed by atoms with Crippen LogP contribution in [0.2, 0.25) is 0 Å². The van der Waals surface area contributed by atoms with Gasteiger partial charge in [-0.15, -0.1) is 0 Å². The molecular weight excluding hydrogens is 610 g/mol. The van der Waals surface area contributed by atoms with Crippen molar-refractivity contribution in [1.29, 1.82) is 0 Å². The molecule has 5 rings (SSSR count). The van der Waals surface area contributed by atoms with Crippen LogP contribution in [0.1, 0.15) is 26.2 Å². The second-order valence-corrected chi connectivity index (χ2v) is 15.1. The van der Waals surface area contributed by atoms with Gasteiger partial charge in [0.15, 0.2) is 5.94 Å². The number of piperidine rings is 1. The summed E-state index contributed by atoms with van der Waals surface area (Å²) in [5.74, 6) is -0.116. The summed E-state index contributed by atoms with van der Waals surface area (Å²) < 4.78 is 71.4. The molecule has 12 nitrogen and oxygen atoms in total. The van der Waals surface area contributed by atoms with Crippen LogP contribution in [0.15, 0.2) is 69.3 Å². The number of hydrogen-bond donors (Lipinski definition) is 2. The molecule has 3 aromatic rings. The third kappa shape index (κ3) is 6.86. The Bertz CT molecular complexity index is 1750. The third-order valence-electron chi connectivity index (χ3n) is 8.28. The van der Waals surface area contributed by atoms with E-state index in [0.717, 1.165) is 0 Å². The van der Waals surface area contributed by atoms with E-state index in [4.69, 9.17) is 14.2 Å². The molecule has 240 valence electrons. The summed E-state index contributed by atoms with van der Waals surface area (Å²) in [5, 5.41) is 14.2. The Morgan fingerprint density at radius 2 is 1.86 bits per heavy atom. The first kappa shape index (κ1) is 32.5. The van der Waals surface area contributed by atoms with Crippen LogP contribution in [0.5, 0.6) is 5.75 Å². The van der Waals surface area contributed by atoms with E-state index in [0.29, 0.717) is 49.1 Å². The molecule has 1 spiro atoms. The van der Waals surface area contributed by atoms with E-state index in [2.05, 4.69) is 5.32 Å². The van der Waals surface area contributed by atoms with E-state index in [1.807, 2.05) is 19.1 Å². The van der Waals surface area contributed by atoms with Crippen LogP contribution in [0.25, 0.3) is 10.9 Å². The first-order valence-corrected chi connectivity index (χ1v) is 17.7. The quantitative estimate of drug-likeness (QED) is 0.297. The molecule has 2 aliphatic rings. The highest BCUT2D eigenvalue weighted by molar-refractivity contribution is 7.91. The highest BCUT2D eigenvalue weighted by Crippen LogP contribution is 2.37. The summed E-state index contributed by atoms with van der Waals surface area (Å²) in [5.41, 5.74) is -0.265. The Morgan fingerprint density at radius 3 is 2.59 bits per heavy atom. The summed E-state index contributed by atoms with van der Waals surface area (Å²) in [6.45, 7) is 3.53. The van der Waals surface area contributed by atoms with Gasteiger partial charge in [0.1, 0.15) is 23.4 Å². The Balaban J connectivity index is 1.13. The van der Waals surface area contributed by atoms with E-state index in [-0.39, 0.29) is 42.1 Å². The molecule has 0 radical (unpaired) electrons. The molecule has 0 amide bonds. The van der Waals surface area contributed by atoms with Crippen molar-refractivity contribution >= 4 is 30.8 Å². The lowest BCUT2D eigenvalue weighted by atomic mass is 9.88. The molecule has 1 aromatic heterocycles. The summed E-state index contributed by atoms with van der Waals surface area (Å²) in [7, 11) is -6.28. The lowest BCUT2D eigenvalue weighted by molar-refractivity contribution is -0.0312. The van der Waals surface area contributed by atoms with E-state index < -0.39 is 42.9 Å². The lowest BCUT2D eigenvalue weighted by Gasteiger charge is -2.38. The van der Waals surface area contributed by atoms with Gasteiger partial charge >= 0.3 is 0 Å². The molecule has 2 N–H and O–H groups in total. The number of para-hydroxylation sites is 1. The fourth-order valence-electron chi connectivity index (χ4n) is 5.90. The molecule has 14 heteroatoms. The van der Waals surface area contributed by atoms with Crippen LogP contribution in [0.4, 0.5) is 0 Å². The van der Waals surface area contributed by atoms with Crippen molar-refractivity contribution in [3.8, 4) is 5.75 Å². The Morgan fingerprint density at radius 1 is 1.11 bits per heavy atom. The number of nitrogens with zero attached hydrogens (tertiary/aromatic N) is 2. The highest BCUT2D eigenvalue weighted by Gasteiger charge is 2.45. The first-order valence-electron chi connectivity index (χ1n) is 14.6. The normalized spacial score (nSPS) is 19.8. The van der Waals surface area contributed by atoms with Crippen LogP contribution in [0, 0.1) is 0 Å². The van der Waals surface area contributed by atoms with Crippen molar-refractivity contribution in [2.45, 2.75) is 60.3 Å². The number of benzene rings is 2. The first-order chi connectivity index (χ1) is 21.0. The summed E-state index contributed by atoms with van der Waals surface area (Å²) in [6, 6.07) is 13.0. The molecule has 2 atom stereocenters. The smallest absolute Gasteiger partial charge is 0.248 e. The zero-order chi connectivity index (χ0) is 31.5. The second kappa shape index (κ2) is 13.3. The fraction of sp³-hybridized carbons (Fsp3) is 0.500. The van der Waals surface area contributed by atoms with Crippen LogP contribution in [0.3, 0.4) is 0 Å². The average molecular weight is 650 g/mol. The molecule has 0 saturated carbocycles. The number of hydrogen-bond acceptors (Lipinski definition) is 10. The molecule has 2 aliphatic heterocycles. The predicted octanol–water partition coefficient (Wildman–Crippen LogP) is 1.74. The molecule has 44 heavy (non-hydrogen) atoms. The average Bonchev–Trinajstić information content (AvgIpc) is 3.41. The summed E-state index contributed by atoms with van der Waals surface area (Å²) >= 11 is 0. The van der Waals surface area contributed by atoms with Gasteiger partial charge in [0, 0.05) is 50.9 Å². The van der Waals surface area contributed by atoms with Gasteiger partial charge in [-0.25, -0.2) is 16.8 Å². The van der Waals surface area contributed by atoms with Gasteiger partial charge in [0.05, 0.1) is 22.6 Å². The number of rotatable bonds is 12. The van der Waals surface area contributed by atoms with Gasteiger partial charge in [-0.05, 0) is 56.5 Å². The van der Waals surface area contributed by atoms with Crippen LogP contribution < -0.4 is 15.5 Å². The Kier molecular flexibility index (Phi) is 9.80. The number of aryl methyl sites for hydroxylation is 1. The van der Waals surface area contributed by atoms with Gasteiger partial charge < -0.3 is 29.2 Å². The van der Waals surface area contributed by atoms with Crippen LogP contribution in [-0.2, 0) is 35.9 Å². The number of sulfonamides is 1. The molecular formula is C30H39N3O9S2. The summed E-state index contributed by atoms with van der Waals surface area (Å²) in [4.78, 5) is 13.1. The lowest BCUT2D eigenvalue weighted by Crippen LogP contribution is -2.47. The standard InChI is InChI=1S/C30H39N3O9S2/c1-3-32-18-28(29(35)26-9-4-5-10-27(26)32)44(38,39)33-13-11-30(12-14-33)16-22(19-42-30)31-17-23(34)20-41-24-7-6-8-25(15-24)43(36,37)21-40-2/h4-10,15,18,22-23,31,34H,3,11-14,16-17,19-21H2,1-2H3. The zero-order valence-corrected chi connectivity index (χ0v) is 26.5. The number of aliphatic hydroxyl groups is 1. The second-order valence-electron chi connectivity index (χ2n) is 11.3. The number of pyridine rings is 1. The number of fused-ring (bicyclic) bond motifs is 1. The minimum atomic E-state index is -4.00. The maximum absolute atomic E-state index is 13.6. The summed E-state index contributed by atoms with van der Waals surface area (Å²) in [6.07, 6.45) is 2.24. The molecule has 0 aliphatic carbocycles. The van der Waals surface area contributed by atoms with E-state index in [9.17, 15) is 26.7 Å². The highest BCUT2D eigenvalue weighted by atomic mass is 32.2. The van der Waals surface area contributed by atoms with Crippen molar-refractivity contribution in [1.82, 2.24) is 14.2 Å². The number of sulfone groups is 1. The van der Waals surface area contributed by atoms with Crippen molar-refractivity contribution < 1.29 is 36.2 Å². The largest absolute Gasteiger partial charge is 0.491 e. The third-order valence-corrected chi connectivity index (χ3v) is 11.7. The molecule has 2 fully saturated rings. The molecule has 2 saturated heterocycles. The number of nitrogens with one attached hydrogen (secondary N) is 1. The molecule has 3 heterocycles. The van der Waals surface area contributed by atoms with Crippen LogP contribution >= 0.6 is 0 Å². The number of aromatic nitrogens is 1. The zero-order valence-electron chi connectivity index (χ0n) is 24.8. The van der Waals surface area contributed by atoms with E-state index in [1.165, 1.54) is 29.7 Å². The van der Waals surface area contributed by atoms with Crippen molar-refractivity contribution in [3.63, 3.8) is 0 Å². The minimum Gasteiger partial charge on any atom is -0.491 e. The van der Waals surface area contributed by atoms with Gasteiger partial charge in [-0.1, -0.05) is 18.2 Å². The van der Waals surface area contributed by atoms with Gasteiger partial charge in [0.25, 0.3) is 0 Å². The van der Waals surface area contributed by atoms with Crippen molar-refractivity contribution in [2.75, 3.05) is 45.9 Å². The minimum absolute atomic E-state index is 0.0347. The molecule has 0 bridgehead atoms. The molecule has 2 unspecified atom stereocenters. The van der Waals surface area contributed by atoms with Crippen molar-refractivity contribution in [2.24, 2.45) is 0 Å². The Hall–Kier alpha value is -2.85. The SMILES string of the molecule is CCn1cc(S(=O)(=O)N2CCC3(CC2)CC(NCC(O)COc2cccc(S(=O)(=O)COC)c2)CO3)c(=O)c2ccccc21. The van der Waals surface area contributed by atoms with Crippen LogP contribution in [-0.4, -0.2) is 94.5 Å². The monoisotopic (exact) mass is 649 g/mol. The van der Waals surface area contributed by atoms with Gasteiger partial charge in [0.2, 0.25) is 25.3 Å². The Labute approximate surface area is 257 Å². The van der Waals surface area contributed by atoms with Gasteiger partial charge in [-0.3, -0.25) is 4.79 Å².